The van der Waals surface area contributed by atoms with Crippen LogP contribution < -0.4 is 5.32 Å². The highest BCUT2D eigenvalue weighted by Crippen LogP contribution is 2.26. The Bertz CT molecular complexity index is 758. The number of nitrogens with zero attached hydrogens (tertiary/aromatic N) is 2. The summed E-state index contributed by atoms with van der Waals surface area (Å²) in [6.07, 6.45) is 0.401. The van der Waals surface area contributed by atoms with Crippen molar-refractivity contribution < 1.29 is 13.9 Å². The molecule has 26 heavy (non-hydrogen) atoms. The number of hydrogen-bond acceptors (Lipinski definition) is 6. The molecule has 0 aromatic carbocycles. The number of aromatic nitrogens is 1. The highest BCUT2D eigenvalue weighted by atomic mass is 32.1. The van der Waals surface area contributed by atoms with E-state index in [0.717, 1.165) is 23.9 Å². The Morgan fingerprint density at radius 3 is 2.65 bits per heavy atom. The molecule has 1 fully saturated rings. The van der Waals surface area contributed by atoms with Crippen LogP contribution in [0.1, 0.15) is 43.9 Å². The number of ether oxygens (including phenoxy) is 1. The van der Waals surface area contributed by atoms with E-state index in [2.05, 4.69) is 42.9 Å². The summed E-state index contributed by atoms with van der Waals surface area (Å²) in [6.45, 7) is 12.6. The zero-order valence-corrected chi connectivity index (χ0v) is 16.9. The van der Waals surface area contributed by atoms with E-state index in [-0.39, 0.29) is 23.7 Å². The van der Waals surface area contributed by atoms with Crippen molar-refractivity contribution in [1.82, 2.24) is 15.2 Å². The average molecular weight is 378 g/mol. The lowest BCUT2D eigenvalue weighted by Crippen LogP contribution is -2.58. The van der Waals surface area contributed by atoms with Crippen LogP contribution in [0, 0.1) is 6.92 Å². The van der Waals surface area contributed by atoms with Gasteiger partial charge in [-0.05, 0) is 46.8 Å². The van der Waals surface area contributed by atoms with Crippen LogP contribution in [-0.2, 0) is 4.74 Å². The van der Waals surface area contributed by atoms with Crippen LogP contribution in [0.15, 0.2) is 21.9 Å². The van der Waals surface area contributed by atoms with Gasteiger partial charge in [0.1, 0.15) is 11.5 Å². The summed E-state index contributed by atoms with van der Waals surface area (Å²) >= 11 is 1.41. The number of carbonyl (C=O) groups is 1. The van der Waals surface area contributed by atoms with Crippen molar-refractivity contribution in [3.8, 4) is 10.8 Å². The first-order valence-corrected chi connectivity index (χ1v) is 9.83. The molecular formula is C19H27N3O3S. The van der Waals surface area contributed by atoms with Gasteiger partial charge in [-0.15, -0.1) is 11.3 Å². The van der Waals surface area contributed by atoms with Crippen molar-refractivity contribution in [1.29, 1.82) is 0 Å². The summed E-state index contributed by atoms with van der Waals surface area (Å²) in [7, 11) is 0. The van der Waals surface area contributed by atoms with E-state index in [0.29, 0.717) is 18.0 Å². The summed E-state index contributed by atoms with van der Waals surface area (Å²) in [4.78, 5) is 19.3. The quantitative estimate of drug-likeness (QED) is 0.866. The van der Waals surface area contributed by atoms with E-state index in [4.69, 9.17) is 9.15 Å². The van der Waals surface area contributed by atoms with Crippen molar-refractivity contribution in [3.05, 3.63) is 29.0 Å². The van der Waals surface area contributed by atoms with Gasteiger partial charge in [0, 0.05) is 30.6 Å². The predicted molar refractivity (Wildman–Crippen MR) is 103 cm³/mol. The van der Waals surface area contributed by atoms with Gasteiger partial charge in [-0.1, -0.05) is 0 Å². The number of thiazole rings is 1. The van der Waals surface area contributed by atoms with Crippen LogP contribution >= 0.6 is 11.3 Å². The first-order chi connectivity index (χ1) is 12.2. The predicted octanol–water partition coefficient (Wildman–Crippen LogP) is 3.33. The Morgan fingerprint density at radius 1 is 1.35 bits per heavy atom. The van der Waals surface area contributed by atoms with E-state index in [9.17, 15) is 4.79 Å². The topological polar surface area (TPSA) is 67.6 Å². The third-order valence-electron chi connectivity index (χ3n) is 4.65. The average Bonchev–Trinajstić information content (AvgIpc) is 3.20. The molecule has 3 rings (SSSR count). The molecule has 2 atom stereocenters. The lowest BCUT2D eigenvalue weighted by atomic mass is 10.00. The van der Waals surface area contributed by atoms with E-state index >= 15 is 0 Å². The van der Waals surface area contributed by atoms with Gasteiger partial charge in [-0.25, -0.2) is 4.98 Å². The molecular weight excluding hydrogens is 350 g/mol. The van der Waals surface area contributed by atoms with Crippen molar-refractivity contribution in [3.63, 3.8) is 0 Å². The van der Waals surface area contributed by atoms with Crippen LogP contribution in [0.3, 0.4) is 0 Å². The van der Waals surface area contributed by atoms with E-state index < -0.39 is 0 Å². The van der Waals surface area contributed by atoms with Gasteiger partial charge in [0.05, 0.1) is 12.2 Å². The molecule has 1 saturated heterocycles. The van der Waals surface area contributed by atoms with Gasteiger partial charge in [-0.2, -0.15) is 0 Å². The maximum Gasteiger partial charge on any atom is 0.270 e. The van der Waals surface area contributed by atoms with Crippen molar-refractivity contribution in [2.75, 3.05) is 19.6 Å². The number of rotatable bonds is 5. The standard InChI is InChI=1S/C19H27N3O3S/c1-12-6-7-16(25-12)18-21-15(10-26-18)17(23)20-11-19(4,5)22-8-13(2)24-14(3)9-22/h6-7,10,13-14H,8-9,11H2,1-5H3,(H,20,23). The molecule has 2 unspecified atom stereocenters. The lowest BCUT2D eigenvalue weighted by Gasteiger charge is -2.45. The first kappa shape index (κ1) is 19.1. The summed E-state index contributed by atoms with van der Waals surface area (Å²) in [5, 5.41) is 5.52. The molecule has 1 aliphatic rings. The fraction of sp³-hybridized carbons (Fsp3) is 0.579. The number of aryl methyl sites for hydroxylation is 1. The number of carbonyl (C=O) groups excluding carboxylic acids is 1. The number of hydrogen-bond donors (Lipinski definition) is 1. The monoisotopic (exact) mass is 377 g/mol. The van der Waals surface area contributed by atoms with Crippen LogP contribution in [0.5, 0.6) is 0 Å². The van der Waals surface area contributed by atoms with Gasteiger partial charge in [0.15, 0.2) is 10.8 Å². The Morgan fingerprint density at radius 2 is 2.04 bits per heavy atom. The summed E-state index contributed by atoms with van der Waals surface area (Å²) in [6, 6.07) is 3.77. The minimum atomic E-state index is -0.154. The number of morpholine rings is 1. The summed E-state index contributed by atoms with van der Waals surface area (Å²) in [5.41, 5.74) is 0.275. The van der Waals surface area contributed by atoms with Crippen molar-refractivity contribution >= 4 is 17.2 Å². The van der Waals surface area contributed by atoms with Crippen LogP contribution in [0.2, 0.25) is 0 Å². The Balaban J connectivity index is 1.60. The van der Waals surface area contributed by atoms with Gasteiger partial charge in [0.2, 0.25) is 0 Å². The maximum absolute atomic E-state index is 12.5. The number of furan rings is 1. The van der Waals surface area contributed by atoms with Crippen LogP contribution in [0.4, 0.5) is 0 Å². The second kappa shape index (κ2) is 7.50. The summed E-state index contributed by atoms with van der Waals surface area (Å²) < 4.78 is 11.4. The molecule has 1 amide bonds. The molecule has 1 N–H and O–H groups in total. The fourth-order valence-electron chi connectivity index (χ4n) is 3.21. The van der Waals surface area contributed by atoms with Crippen LogP contribution in [-0.4, -0.2) is 53.2 Å². The van der Waals surface area contributed by atoms with Crippen LogP contribution in [0.25, 0.3) is 10.8 Å². The van der Waals surface area contributed by atoms with Crippen molar-refractivity contribution in [2.24, 2.45) is 0 Å². The maximum atomic E-state index is 12.5. The molecule has 7 heteroatoms. The molecule has 2 aromatic rings. The zero-order chi connectivity index (χ0) is 18.9. The molecule has 0 bridgehead atoms. The van der Waals surface area contributed by atoms with E-state index in [1.807, 2.05) is 19.1 Å². The third kappa shape index (κ3) is 4.34. The largest absolute Gasteiger partial charge is 0.459 e. The van der Waals surface area contributed by atoms with Gasteiger partial charge in [-0.3, -0.25) is 9.69 Å². The Kier molecular flexibility index (Phi) is 5.50. The lowest BCUT2D eigenvalue weighted by molar-refractivity contribution is -0.0948. The molecule has 6 nitrogen and oxygen atoms in total. The van der Waals surface area contributed by atoms with Crippen molar-refractivity contribution in [2.45, 2.75) is 52.4 Å². The molecule has 142 valence electrons. The second-order valence-corrected chi connectivity index (χ2v) is 8.46. The first-order valence-electron chi connectivity index (χ1n) is 8.95. The molecule has 0 aliphatic carbocycles. The molecule has 0 radical (unpaired) electrons. The molecule has 0 saturated carbocycles. The zero-order valence-electron chi connectivity index (χ0n) is 16.0. The summed E-state index contributed by atoms with van der Waals surface area (Å²) in [5.74, 6) is 1.37. The van der Waals surface area contributed by atoms with Gasteiger partial charge < -0.3 is 14.5 Å². The SMILES string of the molecule is Cc1ccc(-c2nc(C(=O)NCC(C)(C)N3CC(C)OC(C)C3)cs2)o1. The molecule has 0 spiro atoms. The minimum Gasteiger partial charge on any atom is -0.459 e. The number of amides is 1. The molecule has 2 aromatic heterocycles. The molecule has 3 heterocycles. The van der Waals surface area contributed by atoms with E-state index in [1.54, 1.807) is 5.38 Å². The fourth-order valence-corrected chi connectivity index (χ4v) is 3.97. The Hall–Kier alpha value is -1.70. The highest BCUT2D eigenvalue weighted by molar-refractivity contribution is 7.13. The second-order valence-electron chi connectivity index (χ2n) is 7.61. The number of nitrogens with one attached hydrogen (secondary N) is 1. The minimum absolute atomic E-state index is 0.154. The smallest absolute Gasteiger partial charge is 0.270 e. The van der Waals surface area contributed by atoms with Gasteiger partial charge >= 0.3 is 0 Å². The van der Waals surface area contributed by atoms with E-state index in [1.165, 1.54) is 11.3 Å². The third-order valence-corrected chi connectivity index (χ3v) is 5.50. The normalized spacial score (nSPS) is 21.7. The molecule has 1 aliphatic heterocycles. The Labute approximate surface area is 158 Å². The highest BCUT2D eigenvalue weighted by Gasteiger charge is 2.33. The van der Waals surface area contributed by atoms with Gasteiger partial charge in [0.25, 0.3) is 5.91 Å².